The first-order valence-electron chi connectivity index (χ1n) is 8.34. The van der Waals surface area contributed by atoms with Gasteiger partial charge in [0, 0.05) is 42.5 Å². The second-order valence-corrected chi connectivity index (χ2v) is 6.55. The lowest BCUT2D eigenvalue weighted by molar-refractivity contribution is 0.115. The minimum Gasteiger partial charge on any atom is -0.456 e. The molecule has 0 spiro atoms. The van der Waals surface area contributed by atoms with Gasteiger partial charge in [0.05, 0.1) is 6.04 Å². The Morgan fingerprint density at radius 2 is 1.92 bits per heavy atom. The van der Waals surface area contributed by atoms with Crippen LogP contribution in [-0.2, 0) is 11.3 Å². The van der Waals surface area contributed by atoms with E-state index < -0.39 is 0 Å². The lowest BCUT2D eigenvalue weighted by Crippen LogP contribution is -2.51. The molecule has 2 fully saturated rings. The highest BCUT2D eigenvalue weighted by Gasteiger charge is 2.37. The Bertz CT molecular complexity index is 933. The number of ether oxygens (including phenoxy) is 1. The van der Waals surface area contributed by atoms with Gasteiger partial charge in [-0.3, -0.25) is 9.80 Å². The first kappa shape index (κ1) is 13.9. The van der Waals surface area contributed by atoms with Crippen molar-refractivity contribution in [2.75, 3.05) is 26.2 Å². The van der Waals surface area contributed by atoms with Crippen LogP contribution in [0.4, 0.5) is 4.79 Å². The molecule has 1 unspecified atom stereocenters. The maximum atomic E-state index is 11.6. The number of carbonyl (C=O) groups is 1. The van der Waals surface area contributed by atoms with E-state index in [0.29, 0.717) is 6.61 Å². The van der Waals surface area contributed by atoms with Crippen molar-refractivity contribution in [1.29, 1.82) is 0 Å². The van der Waals surface area contributed by atoms with Gasteiger partial charge in [-0.15, -0.1) is 0 Å². The second kappa shape index (κ2) is 5.24. The summed E-state index contributed by atoms with van der Waals surface area (Å²) in [4.78, 5) is 15.8. The van der Waals surface area contributed by atoms with Gasteiger partial charge in [0.25, 0.3) is 0 Å². The Hall–Kier alpha value is -2.53. The summed E-state index contributed by atoms with van der Waals surface area (Å²) in [6.45, 7) is 3.78. The van der Waals surface area contributed by atoms with Crippen LogP contribution in [0, 0.1) is 0 Å². The second-order valence-electron chi connectivity index (χ2n) is 6.55. The average Bonchev–Trinajstić information content (AvgIpc) is 3.17. The van der Waals surface area contributed by atoms with Crippen molar-refractivity contribution < 1.29 is 13.9 Å². The molecule has 24 heavy (non-hydrogen) atoms. The number of furan rings is 1. The monoisotopic (exact) mass is 322 g/mol. The number of carbonyl (C=O) groups excluding carboxylic acids is 1. The number of hydrogen-bond acceptors (Lipinski definition) is 4. The van der Waals surface area contributed by atoms with Crippen molar-refractivity contribution in [2.24, 2.45) is 0 Å². The van der Waals surface area contributed by atoms with Crippen LogP contribution < -0.4 is 0 Å². The summed E-state index contributed by atoms with van der Waals surface area (Å²) in [6, 6.07) is 14.7. The number of benzene rings is 2. The SMILES string of the molecule is O=C1OCC2CN(Cc3cccc4c3oc3ccccc34)CCN12. The predicted molar refractivity (Wildman–Crippen MR) is 90.8 cm³/mol. The number of hydrogen-bond donors (Lipinski definition) is 0. The molecule has 0 saturated carbocycles. The van der Waals surface area contributed by atoms with E-state index in [-0.39, 0.29) is 12.1 Å². The lowest BCUT2D eigenvalue weighted by Gasteiger charge is -2.35. The summed E-state index contributed by atoms with van der Waals surface area (Å²) in [6.07, 6.45) is -0.168. The van der Waals surface area contributed by atoms with Gasteiger partial charge in [0.2, 0.25) is 0 Å². The zero-order valence-electron chi connectivity index (χ0n) is 13.3. The molecule has 1 amide bonds. The summed E-state index contributed by atoms with van der Waals surface area (Å²) in [5.74, 6) is 0. The zero-order chi connectivity index (χ0) is 16.1. The van der Waals surface area contributed by atoms with Crippen LogP contribution in [-0.4, -0.2) is 48.2 Å². The van der Waals surface area contributed by atoms with E-state index in [1.54, 1.807) is 0 Å². The molecule has 3 aromatic rings. The molecule has 0 bridgehead atoms. The third kappa shape index (κ3) is 2.08. The fraction of sp³-hybridized carbons (Fsp3) is 0.316. The van der Waals surface area contributed by atoms with Crippen molar-refractivity contribution in [2.45, 2.75) is 12.6 Å². The fourth-order valence-electron chi connectivity index (χ4n) is 3.87. The number of fused-ring (bicyclic) bond motifs is 4. The molecule has 0 radical (unpaired) electrons. The molecule has 5 nitrogen and oxygen atoms in total. The number of cyclic esters (lactones) is 1. The molecule has 0 aliphatic carbocycles. The molecule has 1 aromatic heterocycles. The van der Waals surface area contributed by atoms with Gasteiger partial charge in [-0.25, -0.2) is 4.79 Å². The van der Waals surface area contributed by atoms with Crippen LogP contribution in [0.3, 0.4) is 0 Å². The van der Waals surface area contributed by atoms with Gasteiger partial charge in [0.1, 0.15) is 17.8 Å². The first-order chi connectivity index (χ1) is 11.8. The molecule has 2 aliphatic heterocycles. The smallest absolute Gasteiger partial charge is 0.410 e. The topological polar surface area (TPSA) is 45.9 Å². The largest absolute Gasteiger partial charge is 0.456 e. The van der Waals surface area contributed by atoms with E-state index in [1.807, 2.05) is 23.1 Å². The molecule has 2 aromatic carbocycles. The summed E-state index contributed by atoms with van der Waals surface area (Å²) < 4.78 is 11.3. The number of nitrogens with zero attached hydrogens (tertiary/aromatic N) is 2. The Morgan fingerprint density at radius 1 is 1.04 bits per heavy atom. The minimum atomic E-state index is -0.168. The molecule has 1 atom stereocenters. The third-order valence-electron chi connectivity index (χ3n) is 5.08. The highest BCUT2D eigenvalue weighted by atomic mass is 16.6. The molecule has 2 saturated heterocycles. The highest BCUT2D eigenvalue weighted by Crippen LogP contribution is 2.31. The molecule has 2 aliphatic rings. The van der Waals surface area contributed by atoms with Crippen LogP contribution >= 0.6 is 0 Å². The zero-order valence-corrected chi connectivity index (χ0v) is 13.3. The summed E-state index contributed by atoms with van der Waals surface area (Å²) >= 11 is 0. The molecule has 5 heteroatoms. The summed E-state index contributed by atoms with van der Waals surface area (Å²) in [5, 5.41) is 2.33. The van der Waals surface area contributed by atoms with Gasteiger partial charge < -0.3 is 9.15 Å². The Labute approximate surface area is 139 Å². The standard InChI is InChI=1S/C19H18N2O3/c22-19-21-9-8-20(11-14(21)12-23-19)10-13-4-3-6-16-15-5-1-2-7-17(15)24-18(13)16/h1-7,14H,8-12H2. The number of amides is 1. The Balaban J connectivity index is 1.46. The van der Waals surface area contributed by atoms with Crippen molar-refractivity contribution in [3.05, 3.63) is 48.0 Å². The highest BCUT2D eigenvalue weighted by molar-refractivity contribution is 6.05. The molecule has 5 rings (SSSR count). The lowest BCUT2D eigenvalue weighted by atomic mass is 10.1. The van der Waals surface area contributed by atoms with Crippen molar-refractivity contribution in [1.82, 2.24) is 9.80 Å². The van der Waals surface area contributed by atoms with Crippen LogP contribution in [0.2, 0.25) is 0 Å². The van der Waals surface area contributed by atoms with Gasteiger partial charge in [0.15, 0.2) is 0 Å². The molecular weight excluding hydrogens is 304 g/mol. The average molecular weight is 322 g/mol. The van der Waals surface area contributed by atoms with Crippen molar-refractivity contribution >= 4 is 28.0 Å². The van der Waals surface area contributed by atoms with Crippen LogP contribution in [0.25, 0.3) is 21.9 Å². The number of piperazine rings is 1. The van der Waals surface area contributed by atoms with E-state index in [1.165, 1.54) is 10.9 Å². The van der Waals surface area contributed by atoms with E-state index >= 15 is 0 Å². The number of para-hydroxylation sites is 2. The Kier molecular flexibility index (Phi) is 3.03. The van der Waals surface area contributed by atoms with E-state index in [9.17, 15) is 4.79 Å². The van der Waals surface area contributed by atoms with Gasteiger partial charge in [-0.1, -0.05) is 36.4 Å². The molecule has 3 heterocycles. The Morgan fingerprint density at radius 3 is 2.88 bits per heavy atom. The fourth-order valence-corrected chi connectivity index (χ4v) is 3.87. The van der Waals surface area contributed by atoms with Gasteiger partial charge in [-0.05, 0) is 6.07 Å². The van der Waals surface area contributed by atoms with Gasteiger partial charge >= 0.3 is 6.09 Å². The van der Waals surface area contributed by atoms with Crippen LogP contribution in [0.5, 0.6) is 0 Å². The summed E-state index contributed by atoms with van der Waals surface area (Å²) in [5.41, 5.74) is 3.10. The molecular formula is C19H18N2O3. The van der Waals surface area contributed by atoms with Crippen LogP contribution in [0.1, 0.15) is 5.56 Å². The van der Waals surface area contributed by atoms with Gasteiger partial charge in [-0.2, -0.15) is 0 Å². The maximum Gasteiger partial charge on any atom is 0.410 e. The van der Waals surface area contributed by atoms with Crippen molar-refractivity contribution in [3.63, 3.8) is 0 Å². The first-order valence-corrected chi connectivity index (χ1v) is 8.34. The molecule has 0 N–H and O–H groups in total. The third-order valence-corrected chi connectivity index (χ3v) is 5.08. The normalized spacial score (nSPS) is 21.4. The number of rotatable bonds is 2. The van der Waals surface area contributed by atoms with Crippen molar-refractivity contribution in [3.8, 4) is 0 Å². The quantitative estimate of drug-likeness (QED) is 0.727. The predicted octanol–water partition coefficient (Wildman–Crippen LogP) is 3.22. The van der Waals surface area contributed by atoms with E-state index in [4.69, 9.17) is 9.15 Å². The summed E-state index contributed by atoms with van der Waals surface area (Å²) in [7, 11) is 0. The van der Waals surface area contributed by atoms with Crippen LogP contribution in [0.15, 0.2) is 46.9 Å². The minimum absolute atomic E-state index is 0.168. The maximum absolute atomic E-state index is 11.6. The van der Waals surface area contributed by atoms with E-state index in [2.05, 4.69) is 29.2 Å². The van der Waals surface area contributed by atoms with E-state index in [0.717, 1.165) is 42.7 Å². The molecule has 122 valence electrons.